The molecule has 4 rings (SSSR count). The van der Waals surface area contributed by atoms with Crippen LogP contribution < -0.4 is 16.4 Å². The maximum atomic E-state index is 13.0. The molecule has 4 aromatic rings. The number of carbonyl (C=O) groups is 4. The molecule has 0 radical (unpaired) electrons. The summed E-state index contributed by atoms with van der Waals surface area (Å²) in [5.41, 5.74) is 7.17. The number of benzene rings is 2. The molecule has 10 heteroatoms. The van der Waals surface area contributed by atoms with Crippen molar-refractivity contribution in [2.75, 3.05) is 11.9 Å². The van der Waals surface area contributed by atoms with Gasteiger partial charge in [0.1, 0.15) is 0 Å². The molecule has 0 spiro atoms. The van der Waals surface area contributed by atoms with Gasteiger partial charge in [-0.3, -0.25) is 14.2 Å². The Labute approximate surface area is 187 Å². The smallest absolute Gasteiger partial charge is 0.418 e. The standard InChI is InChI=1S/C23H21N5O5/c1-2-33-23(32)28-12-17(14-8-4-6-10-18(14)28)26-22(31)27-19(21(24)30)20(29)15-11-25-16-9-5-3-7-13(15)16/h3-12,19,25H,2H2,1H3,(H2,24,30)(H2,26,27,31). The molecular formula is C23H21N5O5. The van der Waals surface area contributed by atoms with Crippen LogP contribution in [0.3, 0.4) is 0 Å². The number of ketones is 1. The van der Waals surface area contributed by atoms with Crippen molar-refractivity contribution in [1.82, 2.24) is 14.9 Å². The number of nitrogens with one attached hydrogen (secondary N) is 3. The molecule has 5 N–H and O–H groups in total. The minimum absolute atomic E-state index is 0.185. The lowest BCUT2D eigenvalue weighted by Crippen LogP contribution is -2.50. The molecule has 3 amide bonds. The molecule has 0 saturated heterocycles. The summed E-state index contributed by atoms with van der Waals surface area (Å²) in [6, 6.07) is 11.5. The van der Waals surface area contributed by atoms with Crippen LogP contribution in [0.1, 0.15) is 17.3 Å². The average molecular weight is 447 g/mol. The third-order valence-corrected chi connectivity index (χ3v) is 5.10. The summed E-state index contributed by atoms with van der Waals surface area (Å²) in [7, 11) is 0. The predicted molar refractivity (Wildman–Crippen MR) is 122 cm³/mol. The van der Waals surface area contributed by atoms with Crippen molar-refractivity contribution in [1.29, 1.82) is 0 Å². The highest BCUT2D eigenvalue weighted by molar-refractivity contribution is 6.20. The number of Topliss-reactive ketones (excluding diaryl/α,β-unsaturated/α-hetero) is 1. The Hall–Kier alpha value is -4.60. The number of nitrogens with zero attached hydrogens (tertiary/aromatic N) is 1. The minimum atomic E-state index is -1.59. The number of rotatable bonds is 6. The quantitative estimate of drug-likeness (QED) is 0.265. The number of aromatic nitrogens is 2. The summed E-state index contributed by atoms with van der Waals surface area (Å²) in [5, 5.41) is 6.08. The van der Waals surface area contributed by atoms with E-state index in [1.54, 1.807) is 55.5 Å². The molecule has 10 nitrogen and oxygen atoms in total. The Balaban J connectivity index is 1.58. The van der Waals surface area contributed by atoms with E-state index >= 15 is 0 Å². The van der Waals surface area contributed by atoms with Crippen LogP contribution in [0.4, 0.5) is 15.3 Å². The molecule has 2 aromatic heterocycles. The van der Waals surface area contributed by atoms with Crippen LogP contribution in [0.2, 0.25) is 0 Å². The van der Waals surface area contributed by atoms with Gasteiger partial charge in [-0.25, -0.2) is 9.59 Å². The number of anilines is 1. The third kappa shape index (κ3) is 4.13. The maximum absolute atomic E-state index is 13.0. The van der Waals surface area contributed by atoms with Crippen molar-refractivity contribution in [2.45, 2.75) is 13.0 Å². The third-order valence-electron chi connectivity index (χ3n) is 5.10. The number of carbonyl (C=O) groups excluding carboxylic acids is 4. The van der Waals surface area contributed by atoms with Crippen LogP contribution in [-0.2, 0) is 9.53 Å². The summed E-state index contributed by atoms with van der Waals surface area (Å²) in [5.74, 6) is -1.65. The highest BCUT2D eigenvalue weighted by atomic mass is 16.5. The van der Waals surface area contributed by atoms with Crippen molar-refractivity contribution >= 4 is 51.3 Å². The van der Waals surface area contributed by atoms with Crippen LogP contribution in [-0.4, -0.2) is 46.0 Å². The Morgan fingerprint density at radius 2 is 1.76 bits per heavy atom. The molecule has 0 aliphatic heterocycles. The first kappa shape index (κ1) is 21.6. The van der Waals surface area contributed by atoms with E-state index in [0.717, 1.165) is 0 Å². The van der Waals surface area contributed by atoms with E-state index < -0.39 is 29.9 Å². The van der Waals surface area contributed by atoms with Crippen LogP contribution in [0.25, 0.3) is 21.8 Å². The molecule has 33 heavy (non-hydrogen) atoms. The topological polar surface area (TPSA) is 148 Å². The number of urea groups is 1. The Morgan fingerprint density at radius 1 is 1.06 bits per heavy atom. The molecular weight excluding hydrogens is 426 g/mol. The van der Waals surface area contributed by atoms with Crippen LogP contribution >= 0.6 is 0 Å². The van der Waals surface area contributed by atoms with Gasteiger partial charge in [-0.05, 0) is 19.1 Å². The lowest BCUT2D eigenvalue weighted by Gasteiger charge is -2.14. The fraction of sp³-hybridized carbons (Fsp3) is 0.130. The molecule has 0 fully saturated rings. The van der Waals surface area contributed by atoms with Crippen molar-refractivity contribution in [2.24, 2.45) is 5.73 Å². The maximum Gasteiger partial charge on any atom is 0.418 e. The van der Waals surface area contributed by atoms with Gasteiger partial charge in [0.2, 0.25) is 5.91 Å². The van der Waals surface area contributed by atoms with Gasteiger partial charge in [-0.1, -0.05) is 36.4 Å². The summed E-state index contributed by atoms with van der Waals surface area (Å²) in [4.78, 5) is 52.9. The van der Waals surface area contributed by atoms with E-state index in [2.05, 4.69) is 15.6 Å². The SMILES string of the molecule is CCOC(=O)n1cc(NC(=O)NC(C(N)=O)C(=O)c2c[nH]c3ccccc23)c2ccccc21. The molecule has 2 heterocycles. The fourth-order valence-corrected chi connectivity index (χ4v) is 3.61. The number of aromatic amines is 1. The zero-order valence-corrected chi connectivity index (χ0v) is 17.6. The number of para-hydroxylation sites is 2. The highest BCUT2D eigenvalue weighted by Crippen LogP contribution is 2.26. The molecule has 0 aliphatic rings. The van der Waals surface area contributed by atoms with Gasteiger partial charge in [-0.2, -0.15) is 0 Å². The minimum Gasteiger partial charge on any atom is -0.449 e. The first-order valence-electron chi connectivity index (χ1n) is 10.1. The normalized spacial score (nSPS) is 11.8. The first-order valence-corrected chi connectivity index (χ1v) is 10.1. The molecule has 168 valence electrons. The Morgan fingerprint density at radius 3 is 2.48 bits per heavy atom. The van der Waals surface area contributed by atoms with Gasteiger partial charge < -0.3 is 26.1 Å². The Bertz CT molecular complexity index is 1390. The van der Waals surface area contributed by atoms with Crippen LogP contribution in [0.5, 0.6) is 0 Å². The van der Waals surface area contributed by atoms with Crippen molar-refractivity contribution in [3.63, 3.8) is 0 Å². The van der Waals surface area contributed by atoms with Crippen LogP contribution in [0.15, 0.2) is 60.9 Å². The number of ether oxygens (including phenoxy) is 1. The second kappa shape index (κ2) is 8.87. The van der Waals surface area contributed by atoms with E-state index in [1.807, 2.05) is 0 Å². The number of hydrogen-bond acceptors (Lipinski definition) is 5. The van der Waals surface area contributed by atoms with Gasteiger partial charge in [0.15, 0.2) is 11.8 Å². The van der Waals surface area contributed by atoms with E-state index in [1.165, 1.54) is 17.0 Å². The fourth-order valence-electron chi connectivity index (χ4n) is 3.61. The van der Waals surface area contributed by atoms with Crippen LogP contribution in [0, 0.1) is 0 Å². The van der Waals surface area contributed by atoms with E-state index in [4.69, 9.17) is 10.5 Å². The second-order valence-electron chi connectivity index (χ2n) is 7.17. The summed E-state index contributed by atoms with van der Waals surface area (Å²) in [6.07, 6.45) is 2.27. The molecule has 0 aliphatic carbocycles. The highest BCUT2D eigenvalue weighted by Gasteiger charge is 2.29. The molecule has 0 saturated carbocycles. The molecule has 2 aromatic carbocycles. The number of primary amides is 1. The number of H-pyrrole nitrogens is 1. The lowest BCUT2D eigenvalue weighted by atomic mass is 10.0. The second-order valence-corrected chi connectivity index (χ2v) is 7.17. The molecule has 0 bridgehead atoms. The van der Waals surface area contributed by atoms with E-state index in [0.29, 0.717) is 27.5 Å². The Kier molecular flexibility index (Phi) is 5.81. The van der Waals surface area contributed by atoms with Gasteiger partial charge in [0.05, 0.1) is 17.8 Å². The average Bonchev–Trinajstić information content (AvgIpc) is 3.39. The summed E-state index contributed by atoms with van der Waals surface area (Å²) in [6.45, 7) is 1.87. The van der Waals surface area contributed by atoms with Gasteiger partial charge in [0, 0.05) is 34.2 Å². The van der Waals surface area contributed by atoms with E-state index in [9.17, 15) is 19.2 Å². The zero-order valence-electron chi connectivity index (χ0n) is 17.6. The largest absolute Gasteiger partial charge is 0.449 e. The van der Waals surface area contributed by atoms with Crippen molar-refractivity contribution in [3.05, 3.63) is 66.5 Å². The summed E-state index contributed by atoms with van der Waals surface area (Å²) < 4.78 is 6.31. The van der Waals surface area contributed by atoms with Crippen molar-refractivity contribution in [3.8, 4) is 0 Å². The van der Waals surface area contributed by atoms with E-state index in [-0.39, 0.29) is 12.2 Å². The number of fused-ring (bicyclic) bond motifs is 2. The monoisotopic (exact) mass is 447 g/mol. The van der Waals surface area contributed by atoms with Gasteiger partial charge >= 0.3 is 12.1 Å². The van der Waals surface area contributed by atoms with Gasteiger partial charge in [-0.15, -0.1) is 0 Å². The summed E-state index contributed by atoms with van der Waals surface area (Å²) >= 11 is 0. The number of amides is 3. The lowest BCUT2D eigenvalue weighted by molar-refractivity contribution is -0.118. The van der Waals surface area contributed by atoms with Crippen molar-refractivity contribution < 1.29 is 23.9 Å². The van der Waals surface area contributed by atoms with Gasteiger partial charge in [0.25, 0.3) is 0 Å². The first-order chi connectivity index (χ1) is 15.9. The molecule has 1 unspecified atom stereocenters. The number of nitrogens with two attached hydrogens (primary N) is 1. The zero-order chi connectivity index (χ0) is 23.5. The molecule has 1 atom stereocenters. The predicted octanol–water partition coefficient (Wildman–Crippen LogP) is 2.99. The number of hydrogen-bond donors (Lipinski definition) is 4.